The van der Waals surface area contributed by atoms with Crippen LogP contribution in [0.3, 0.4) is 0 Å². The molecule has 4 amide bonds. The summed E-state index contributed by atoms with van der Waals surface area (Å²) in [5.74, 6) is -2.09. The number of rotatable bonds is 14. The van der Waals surface area contributed by atoms with E-state index in [4.69, 9.17) is 14.2 Å². The highest BCUT2D eigenvalue weighted by molar-refractivity contribution is 7.91. The molecule has 1 aliphatic carbocycles. The van der Waals surface area contributed by atoms with E-state index in [1.165, 1.54) is 42.5 Å². The summed E-state index contributed by atoms with van der Waals surface area (Å²) in [4.78, 5) is 75.4. The van der Waals surface area contributed by atoms with E-state index in [0.717, 1.165) is 0 Å². The summed E-state index contributed by atoms with van der Waals surface area (Å²) in [6.07, 6.45) is 1.81. The van der Waals surface area contributed by atoms with Gasteiger partial charge in [0.1, 0.15) is 35.1 Å². The zero-order valence-electron chi connectivity index (χ0n) is 33.5. The highest BCUT2D eigenvalue weighted by Gasteiger charge is 2.49. The van der Waals surface area contributed by atoms with Crippen LogP contribution in [0.15, 0.2) is 54.6 Å². The second-order valence-corrected chi connectivity index (χ2v) is 19.5. The van der Waals surface area contributed by atoms with E-state index in [1.807, 2.05) is 0 Å². The fraction of sp³-hybridized carbons (Fsp3) is 0.500. The number of ether oxygens (including phenoxy) is 3. The third-order valence-corrected chi connectivity index (χ3v) is 12.3. The molecule has 2 aromatic heterocycles. The van der Waals surface area contributed by atoms with Crippen molar-refractivity contribution in [3.05, 3.63) is 65.0 Å². The minimum atomic E-state index is -3.96. The molecule has 1 aromatic carbocycles. The van der Waals surface area contributed by atoms with Crippen LogP contribution in [0, 0.1) is 5.41 Å². The lowest BCUT2D eigenvalue weighted by Gasteiger charge is -2.36. The summed E-state index contributed by atoms with van der Waals surface area (Å²) in [6.45, 7) is 15.3. The SMILES string of the molecule is C=CC[C@@](C)(NC(=O)[C@@H]1C[C@@H](Oc2nccc3c(C(=O)c4cccs4)c(OC)ccc23)CN1C(=O)[C@@H](NC(=O)OC(C)(C)C)C(C)(C)C)C(=O)NS(=O)(=O)C1CC1. The number of benzene rings is 1. The minimum absolute atomic E-state index is 0.0811. The lowest BCUT2D eigenvalue weighted by molar-refractivity contribution is -0.143. The van der Waals surface area contributed by atoms with Gasteiger partial charge < -0.3 is 29.7 Å². The molecule has 308 valence electrons. The third kappa shape index (κ3) is 9.93. The Morgan fingerprint density at radius 3 is 2.32 bits per heavy atom. The van der Waals surface area contributed by atoms with Crippen LogP contribution in [-0.2, 0) is 29.1 Å². The first-order valence-corrected chi connectivity index (χ1v) is 21.0. The van der Waals surface area contributed by atoms with Gasteiger partial charge in [-0.3, -0.25) is 23.9 Å². The fourth-order valence-corrected chi connectivity index (χ4v) is 8.63. The van der Waals surface area contributed by atoms with E-state index in [0.29, 0.717) is 39.8 Å². The molecule has 2 fully saturated rings. The van der Waals surface area contributed by atoms with Crippen LogP contribution in [-0.4, -0.2) is 96.1 Å². The van der Waals surface area contributed by atoms with Crippen LogP contribution in [0.4, 0.5) is 4.79 Å². The molecule has 1 aliphatic heterocycles. The number of amides is 4. The third-order valence-electron chi connectivity index (χ3n) is 9.61. The fourth-order valence-electron chi connectivity index (χ4n) is 6.56. The number of hydrogen-bond acceptors (Lipinski definition) is 12. The van der Waals surface area contributed by atoms with Crippen LogP contribution >= 0.6 is 11.3 Å². The molecule has 1 saturated heterocycles. The van der Waals surface area contributed by atoms with Crippen molar-refractivity contribution in [2.45, 2.75) is 109 Å². The Hall–Kier alpha value is -5.03. The van der Waals surface area contributed by atoms with Crippen molar-refractivity contribution in [1.29, 1.82) is 0 Å². The van der Waals surface area contributed by atoms with Gasteiger partial charge in [0, 0.05) is 23.4 Å². The quantitative estimate of drug-likeness (QED) is 0.148. The number of methoxy groups -OCH3 is 1. The molecule has 2 aliphatic rings. The number of carbonyl (C=O) groups is 5. The first kappa shape index (κ1) is 43.1. The summed E-state index contributed by atoms with van der Waals surface area (Å²) < 4.78 is 45.1. The zero-order valence-corrected chi connectivity index (χ0v) is 35.1. The van der Waals surface area contributed by atoms with Crippen LogP contribution in [0.5, 0.6) is 11.6 Å². The van der Waals surface area contributed by atoms with E-state index >= 15 is 0 Å². The molecule has 3 N–H and O–H groups in total. The summed E-state index contributed by atoms with van der Waals surface area (Å²) in [5.41, 5.74) is -3.19. The molecule has 0 unspecified atom stereocenters. The van der Waals surface area contributed by atoms with Crippen LogP contribution in [0.25, 0.3) is 10.8 Å². The number of fused-ring (bicyclic) bond motifs is 1. The van der Waals surface area contributed by atoms with Gasteiger partial charge in [-0.15, -0.1) is 17.9 Å². The van der Waals surface area contributed by atoms with Crippen molar-refractivity contribution in [3.63, 3.8) is 0 Å². The summed E-state index contributed by atoms with van der Waals surface area (Å²) in [5, 5.41) is 7.49. The van der Waals surface area contributed by atoms with E-state index in [-0.39, 0.29) is 31.0 Å². The Morgan fingerprint density at radius 2 is 1.74 bits per heavy atom. The summed E-state index contributed by atoms with van der Waals surface area (Å²) >= 11 is 1.29. The van der Waals surface area contributed by atoms with Crippen LogP contribution in [0.2, 0.25) is 0 Å². The minimum Gasteiger partial charge on any atom is -0.496 e. The number of likely N-dealkylation sites (tertiary alicyclic amines) is 1. The molecule has 3 heterocycles. The number of hydrogen-bond donors (Lipinski definition) is 3. The van der Waals surface area contributed by atoms with Gasteiger partial charge in [0.05, 0.1) is 29.3 Å². The Balaban J connectivity index is 1.50. The molecular weight excluding hydrogens is 775 g/mol. The predicted octanol–water partition coefficient (Wildman–Crippen LogP) is 4.88. The number of carbonyl (C=O) groups excluding carboxylic acids is 5. The first-order chi connectivity index (χ1) is 26.6. The maximum Gasteiger partial charge on any atom is 0.408 e. The molecule has 1 saturated carbocycles. The van der Waals surface area contributed by atoms with Crippen molar-refractivity contribution < 1.29 is 46.6 Å². The van der Waals surface area contributed by atoms with Gasteiger partial charge >= 0.3 is 6.09 Å². The average Bonchev–Trinajstić information content (AvgIpc) is 3.68. The normalized spacial score (nSPS) is 18.8. The maximum absolute atomic E-state index is 14.6. The maximum atomic E-state index is 14.6. The van der Waals surface area contributed by atoms with Gasteiger partial charge in [-0.05, 0) is 82.0 Å². The number of sulfonamides is 1. The summed E-state index contributed by atoms with van der Waals surface area (Å²) in [6, 6.07) is 6.09. The van der Waals surface area contributed by atoms with Crippen LogP contribution in [0.1, 0.15) is 89.4 Å². The lowest BCUT2D eigenvalue weighted by Crippen LogP contribution is -2.62. The van der Waals surface area contributed by atoms with Gasteiger partial charge in [0.2, 0.25) is 33.5 Å². The van der Waals surface area contributed by atoms with Gasteiger partial charge in [-0.1, -0.05) is 32.9 Å². The van der Waals surface area contributed by atoms with Crippen molar-refractivity contribution in [2.75, 3.05) is 13.7 Å². The van der Waals surface area contributed by atoms with E-state index < -0.39 is 73.8 Å². The molecule has 0 bridgehead atoms. The van der Waals surface area contributed by atoms with Gasteiger partial charge in [0.25, 0.3) is 5.91 Å². The van der Waals surface area contributed by atoms with E-state index in [9.17, 15) is 32.4 Å². The van der Waals surface area contributed by atoms with Gasteiger partial charge in [-0.2, -0.15) is 0 Å². The highest BCUT2D eigenvalue weighted by atomic mass is 32.2. The molecule has 57 heavy (non-hydrogen) atoms. The smallest absolute Gasteiger partial charge is 0.408 e. The van der Waals surface area contributed by atoms with E-state index in [1.54, 1.807) is 77.3 Å². The number of ketones is 1. The van der Waals surface area contributed by atoms with Crippen LogP contribution < -0.4 is 24.8 Å². The van der Waals surface area contributed by atoms with Crippen molar-refractivity contribution >= 4 is 61.7 Å². The highest BCUT2D eigenvalue weighted by Crippen LogP contribution is 2.36. The van der Waals surface area contributed by atoms with Crippen molar-refractivity contribution in [3.8, 4) is 11.6 Å². The summed E-state index contributed by atoms with van der Waals surface area (Å²) in [7, 11) is -2.49. The lowest BCUT2D eigenvalue weighted by atomic mass is 9.85. The van der Waals surface area contributed by atoms with Crippen molar-refractivity contribution in [2.24, 2.45) is 5.41 Å². The Bertz CT molecular complexity index is 2160. The van der Waals surface area contributed by atoms with E-state index in [2.05, 4.69) is 26.9 Å². The molecule has 0 spiro atoms. The molecule has 5 rings (SSSR count). The number of nitrogens with one attached hydrogen (secondary N) is 3. The molecular formula is C40H51N5O10S2. The second kappa shape index (κ2) is 16.4. The van der Waals surface area contributed by atoms with Gasteiger partial charge in [0.15, 0.2) is 0 Å². The zero-order chi connectivity index (χ0) is 42.1. The Morgan fingerprint density at radius 1 is 1.04 bits per heavy atom. The predicted molar refractivity (Wildman–Crippen MR) is 215 cm³/mol. The molecule has 17 heteroatoms. The van der Waals surface area contributed by atoms with Gasteiger partial charge in [-0.25, -0.2) is 18.2 Å². The number of nitrogens with zero attached hydrogens (tertiary/aromatic N) is 2. The molecule has 4 atom stereocenters. The largest absolute Gasteiger partial charge is 0.496 e. The molecule has 3 aromatic rings. The number of alkyl carbamates (subject to hydrolysis) is 1. The monoisotopic (exact) mass is 825 g/mol. The van der Waals surface area contributed by atoms with Crippen molar-refractivity contribution in [1.82, 2.24) is 25.2 Å². The number of pyridine rings is 1. The second-order valence-electron chi connectivity index (χ2n) is 16.6. The number of aromatic nitrogens is 1. The average molecular weight is 826 g/mol. The molecule has 15 nitrogen and oxygen atoms in total. The Labute approximate surface area is 337 Å². The standard InChI is InChI=1S/C40H51N5O10S2/c1-10-18-40(8,36(49)44-57(51,52)24-13-14-24)43-33(47)27-21-23(22-45(27)35(48)32(38(2,3)4)42-37(50)55-39(5,6)7)54-34-26-15-16-28(53-9)30(25(26)17-19-41-34)31(46)29-12-11-20-56-29/h10-12,15-17,19-20,23-24,27,32H,1,13-14,18,21-22H2,2-9H3,(H,42,50)(H,43,47)(H,44,49)/t23-,27+,32-,40-/m1/s1. The molecule has 0 radical (unpaired) electrons. The number of thiophene rings is 1. The topological polar surface area (TPSA) is 199 Å². The Kier molecular flexibility index (Phi) is 12.4. The first-order valence-electron chi connectivity index (χ1n) is 18.6.